The van der Waals surface area contributed by atoms with Crippen LogP contribution in [0.4, 0.5) is 0 Å². The van der Waals surface area contributed by atoms with Gasteiger partial charge < -0.3 is 8.85 Å². The quantitative estimate of drug-likeness (QED) is 0.664. The zero-order valence-electron chi connectivity index (χ0n) is 13.2. The highest BCUT2D eigenvalue weighted by molar-refractivity contribution is 6.71. The van der Waals surface area contributed by atoms with Crippen molar-refractivity contribution in [2.24, 2.45) is 0 Å². The molecule has 2 rings (SSSR count). The third-order valence-corrected chi connectivity index (χ3v) is 7.98. The summed E-state index contributed by atoms with van der Waals surface area (Å²) in [6.07, 6.45) is 0. The van der Waals surface area contributed by atoms with Gasteiger partial charge in [0.15, 0.2) is 0 Å². The van der Waals surface area contributed by atoms with E-state index < -0.39 is 8.56 Å². The van der Waals surface area contributed by atoms with E-state index in [4.69, 9.17) is 8.85 Å². The van der Waals surface area contributed by atoms with E-state index in [0.717, 1.165) is 11.5 Å². The predicted molar refractivity (Wildman–Crippen MR) is 90.1 cm³/mol. The zero-order valence-corrected chi connectivity index (χ0v) is 14.2. The number of rotatable bonds is 6. The molecule has 0 radical (unpaired) electrons. The molecule has 0 atom stereocenters. The molecule has 0 unspecified atom stereocenters. The van der Waals surface area contributed by atoms with Crippen molar-refractivity contribution in [2.75, 3.05) is 0 Å². The summed E-state index contributed by atoms with van der Waals surface area (Å²) in [5.41, 5.74) is 0.691. The second kappa shape index (κ2) is 6.81. The average molecular weight is 300 g/mol. The minimum Gasteiger partial charge on any atom is -0.512 e. The molecule has 112 valence electrons. The lowest BCUT2D eigenvalue weighted by molar-refractivity contribution is 0.351. The van der Waals surface area contributed by atoms with E-state index in [2.05, 4.69) is 27.7 Å². The summed E-state index contributed by atoms with van der Waals surface area (Å²) in [6, 6.07) is 20.0. The fourth-order valence-electron chi connectivity index (χ4n) is 2.50. The Kier molecular flexibility index (Phi) is 5.07. The van der Waals surface area contributed by atoms with Gasteiger partial charge in [0, 0.05) is 11.1 Å². The molecule has 0 spiro atoms. The molecule has 0 bridgehead atoms. The largest absolute Gasteiger partial charge is 0.512 e. The first-order valence-corrected chi connectivity index (χ1v) is 9.50. The smallest absolute Gasteiger partial charge is 0.465 e. The van der Waals surface area contributed by atoms with Gasteiger partial charge in [-0.2, -0.15) is 0 Å². The summed E-state index contributed by atoms with van der Waals surface area (Å²) in [5.74, 6) is 1.78. The highest BCUT2D eigenvalue weighted by atomic mass is 28.4. The zero-order chi connectivity index (χ0) is 15.3. The molecule has 21 heavy (non-hydrogen) atoms. The van der Waals surface area contributed by atoms with Gasteiger partial charge in [0.25, 0.3) is 0 Å². The molecular weight excluding hydrogens is 276 g/mol. The molecule has 0 aliphatic rings. The first-order chi connectivity index (χ1) is 10.0. The van der Waals surface area contributed by atoms with Crippen LogP contribution in [0.15, 0.2) is 60.7 Å². The number of benzene rings is 2. The second-order valence-electron chi connectivity index (χ2n) is 5.86. The van der Waals surface area contributed by atoms with Crippen LogP contribution in [0.1, 0.15) is 27.7 Å². The number of hydrogen-bond acceptors (Lipinski definition) is 2. The molecule has 0 aliphatic heterocycles. The van der Waals surface area contributed by atoms with Gasteiger partial charge in [-0.3, -0.25) is 0 Å². The maximum absolute atomic E-state index is 6.45. The maximum Gasteiger partial charge on any atom is 0.465 e. The molecule has 0 saturated carbocycles. The normalized spacial score (nSPS) is 11.7. The van der Waals surface area contributed by atoms with E-state index in [-0.39, 0.29) is 0 Å². The van der Waals surface area contributed by atoms with Crippen molar-refractivity contribution < 1.29 is 8.85 Å². The van der Waals surface area contributed by atoms with Crippen molar-refractivity contribution in [3.05, 3.63) is 60.7 Å². The van der Waals surface area contributed by atoms with Gasteiger partial charge in [0.2, 0.25) is 0 Å². The fraction of sp³-hybridized carbons (Fsp3) is 0.333. The van der Waals surface area contributed by atoms with Crippen molar-refractivity contribution in [1.29, 1.82) is 0 Å². The summed E-state index contributed by atoms with van der Waals surface area (Å²) in [6.45, 7) is 8.77. The molecule has 0 N–H and O–H groups in total. The molecule has 0 aliphatic carbocycles. The molecule has 2 aromatic carbocycles. The third-order valence-electron chi connectivity index (χ3n) is 3.65. The molecule has 0 heterocycles. The molecule has 2 aromatic rings. The fourth-order valence-corrected chi connectivity index (χ4v) is 5.83. The van der Waals surface area contributed by atoms with Crippen molar-refractivity contribution >= 4 is 8.56 Å². The van der Waals surface area contributed by atoms with E-state index in [9.17, 15) is 0 Å². The highest BCUT2D eigenvalue weighted by Gasteiger charge is 2.49. The second-order valence-corrected chi connectivity index (χ2v) is 10.0. The van der Waals surface area contributed by atoms with Crippen LogP contribution in [0, 0.1) is 0 Å². The Hall–Kier alpha value is -1.74. The summed E-state index contributed by atoms with van der Waals surface area (Å²) >= 11 is 0. The molecule has 0 saturated heterocycles. The Balaban J connectivity index is 2.34. The summed E-state index contributed by atoms with van der Waals surface area (Å²) in [5, 5.41) is 0. The summed E-state index contributed by atoms with van der Waals surface area (Å²) in [4.78, 5) is 0. The Morgan fingerprint density at radius 2 is 0.952 bits per heavy atom. The molecule has 0 amide bonds. The van der Waals surface area contributed by atoms with Gasteiger partial charge in [0.05, 0.1) is 0 Å². The minimum absolute atomic E-state index is 0.345. The Morgan fingerprint density at radius 3 is 1.24 bits per heavy atom. The topological polar surface area (TPSA) is 18.5 Å². The van der Waals surface area contributed by atoms with Crippen LogP contribution in [0.5, 0.6) is 11.5 Å². The monoisotopic (exact) mass is 300 g/mol. The summed E-state index contributed by atoms with van der Waals surface area (Å²) < 4.78 is 12.9. The van der Waals surface area contributed by atoms with E-state index in [1.807, 2.05) is 60.7 Å². The van der Waals surface area contributed by atoms with Crippen LogP contribution in [-0.2, 0) is 0 Å². The lowest BCUT2D eigenvalue weighted by Crippen LogP contribution is -2.54. The van der Waals surface area contributed by atoms with Crippen LogP contribution >= 0.6 is 0 Å². The van der Waals surface area contributed by atoms with Crippen LogP contribution in [-0.4, -0.2) is 8.56 Å². The third kappa shape index (κ3) is 3.67. The van der Waals surface area contributed by atoms with Gasteiger partial charge in [-0.25, -0.2) is 0 Å². The minimum atomic E-state index is -2.43. The molecule has 2 nitrogen and oxygen atoms in total. The molecular formula is C18H24O2Si. The Labute approximate surface area is 129 Å². The van der Waals surface area contributed by atoms with Crippen molar-refractivity contribution in [2.45, 2.75) is 38.8 Å². The van der Waals surface area contributed by atoms with Crippen LogP contribution in [0.2, 0.25) is 11.1 Å². The average Bonchev–Trinajstić information content (AvgIpc) is 2.48. The standard InChI is InChI=1S/C18H24O2Si/c1-15(2)21(16(3)4,19-17-11-7-5-8-12-17)20-18-13-9-6-10-14-18/h5-16H,1-4H3. The molecule has 0 aromatic heterocycles. The number of hydrogen-bond donors (Lipinski definition) is 0. The van der Waals surface area contributed by atoms with E-state index >= 15 is 0 Å². The highest BCUT2D eigenvalue weighted by Crippen LogP contribution is 2.36. The van der Waals surface area contributed by atoms with Crippen LogP contribution in [0.25, 0.3) is 0 Å². The summed E-state index contributed by atoms with van der Waals surface area (Å²) in [7, 11) is -2.43. The van der Waals surface area contributed by atoms with E-state index in [1.54, 1.807) is 0 Å². The van der Waals surface area contributed by atoms with Crippen molar-refractivity contribution in [1.82, 2.24) is 0 Å². The molecule has 0 fully saturated rings. The predicted octanol–water partition coefficient (Wildman–Crippen LogP) is 5.41. The van der Waals surface area contributed by atoms with Gasteiger partial charge >= 0.3 is 8.56 Å². The van der Waals surface area contributed by atoms with E-state index in [0.29, 0.717) is 11.1 Å². The van der Waals surface area contributed by atoms with Crippen molar-refractivity contribution in [3.63, 3.8) is 0 Å². The Bertz CT molecular complexity index is 486. The van der Waals surface area contributed by atoms with Crippen LogP contribution < -0.4 is 8.85 Å². The van der Waals surface area contributed by atoms with Gasteiger partial charge in [-0.15, -0.1) is 0 Å². The van der Waals surface area contributed by atoms with Gasteiger partial charge in [0.1, 0.15) is 11.5 Å². The lowest BCUT2D eigenvalue weighted by Gasteiger charge is -2.37. The van der Waals surface area contributed by atoms with Crippen molar-refractivity contribution in [3.8, 4) is 11.5 Å². The van der Waals surface area contributed by atoms with Gasteiger partial charge in [-0.1, -0.05) is 64.1 Å². The molecule has 3 heteroatoms. The first-order valence-electron chi connectivity index (χ1n) is 7.52. The van der Waals surface area contributed by atoms with Gasteiger partial charge in [-0.05, 0) is 24.3 Å². The SMILES string of the molecule is CC(C)[Si](Oc1ccccc1)(Oc1ccccc1)C(C)C. The maximum atomic E-state index is 6.45. The van der Waals surface area contributed by atoms with E-state index in [1.165, 1.54) is 0 Å². The first kappa shape index (κ1) is 15.6. The lowest BCUT2D eigenvalue weighted by atomic mass is 10.3. The number of para-hydroxylation sites is 2. The van der Waals surface area contributed by atoms with Crippen LogP contribution in [0.3, 0.4) is 0 Å². The Morgan fingerprint density at radius 1 is 0.619 bits per heavy atom.